The number of hydrogen-bond acceptors (Lipinski definition) is 7. The number of hydrazone groups is 1. The number of carbonyl (C=O) groups is 2. The van der Waals surface area contributed by atoms with Crippen LogP contribution in [0.3, 0.4) is 0 Å². The van der Waals surface area contributed by atoms with E-state index in [0.717, 1.165) is 37.6 Å². The minimum atomic E-state index is -0.282. The Labute approximate surface area is 158 Å². The van der Waals surface area contributed by atoms with Crippen molar-refractivity contribution in [3.63, 3.8) is 0 Å². The number of amides is 2. The van der Waals surface area contributed by atoms with Gasteiger partial charge >= 0.3 is 0 Å². The Hall–Kier alpha value is -2.55. The Morgan fingerprint density at radius 3 is 2.81 bits per heavy atom. The Balaban J connectivity index is 1.47. The highest BCUT2D eigenvalue weighted by molar-refractivity contribution is 6.39. The summed E-state index contributed by atoms with van der Waals surface area (Å²) in [6.07, 6.45) is 4.50. The van der Waals surface area contributed by atoms with E-state index >= 15 is 0 Å². The van der Waals surface area contributed by atoms with Gasteiger partial charge in [-0.15, -0.1) is 0 Å². The lowest BCUT2D eigenvalue weighted by molar-refractivity contribution is -0.133. The highest BCUT2D eigenvalue weighted by Crippen LogP contribution is 2.24. The maximum Gasteiger partial charge on any atom is 0.270 e. The number of nitrogens with zero attached hydrogens (tertiary/aromatic N) is 6. The molecule has 3 aliphatic rings. The zero-order valence-corrected chi connectivity index (χ0v) is 15.5. The van der Waals surface area contributed by atoms with Crippen molar-refractivity contribution in [2.24, 2.45) is 5.10 Å². The van der Waals surface area contributed by atoms with Gasteiger partial charge in [0.1, 0.15) is 11.8 Å². The molecule has 27 heavy (non-hydrogen) atoms. The van der Waals surface area contributed by atoms with Gasteiger partial charge in [-0.2, -0.15) is 5.10 Å². The van der Waals surface area contributed by atoms with Crippen molar-refractivity contribution < 1.29 is 14.3 Å². The molecule has 9 heteroatoms. The van der Waals surface area contributed by atoms with Gasteiger partial charge in [-0.1, -0.05) is 0 Å². The lowest BCUT2D eigenvalue weighted by Crippen LogP contribution is -2.47. The molecule has 0 spiro atoms. The Bertz CT molecular complexity index is 761. The summed E-state index contributed by atoms with van der Waals surface area (Å²) in [5.41, 5.74) is 1.22. The second-order valence-corrected chi connectivity index (χ2v) is 7.05. The van der Waals surface area contributed by atoms with Crippen LogP contribution in [0.1, 0.15) is 37.5 Å². The molecule has 4 heterocycles. The molecule has 2 fully saturated rings. The number of morpholine rings is 1. The molecule has 1 aromatic heterocycles. The molecular weight excluding hydrogens is 348 g/mol. The molecule has 144 valence electrons. The minimum Gasteiger partial charge on any atom is -0.368 e. The maximum absolute atomic E-state index is 12.8. The van der Waals surface area contributed by atoms with Gasteiger partial charge in [0.25, 0.3) is 5.91 Å². The monoisotopic (exact) mass is 372 g/mol. The van der Waals surface area contributed by atoms with Gasteiger partial charge in [0.2, 0.25) is 11.9 Å². The molecule has 9 nitrogen and oxygen atoms in total. The molecule has 3 aliphatic heterocycles. The Morgan fingerprint density at radius 2 is 2.04 bits per heavy atom. The molecule has 2 amide bonds. The highest BCUT2D eigenvalue weighted by atomic mass is 16.5. The van der Waals surface area contributed by atoms with Gasteiger partial charge in [-0.05, 0) is 18.9 Å². The van der Waals surface area contributed by atoms with Gasteiger partial charge < -0.3 is 14.5 Å². The fourth-order valence-electron chi connectivity index (χ4n) is 3.63. The Morgan fingerprint density at radius 1 is 1.22 bits per heavy atom. The predicted molar refractivity (Wildman–Crippen MR) is 98.2 cm³/mol. The summed E-state index contributed by atoms with van der Waals surface area (Å²) >= 11 is 0. The molecule has 1 aromatic rings. The summed E-state index contributed by atoms with van der Waals surface area (Å²) < 4.78 is 5.88. The number of carbonyl (C=O) groups excluding carboxylic acids is 2. The summed E-state index contributed by atoms with van der Waals surface area (Å²) in [5, 5.41) is 5.39. The second kappa shape index (κ2) is 7.59. The van der Waals surface area contributed by atoms with E-state index in [-0.39, 0.29) is 17.9 Å². The SMILES string of the molecule is CN1N=C(C(=O)N2CCOC(c3ccnc(N4CCCC4)n3)C2)CCC1=O. The molecule has 0 aromatic carbocycles. The third kappa shape index (κ3) is 3.78. The molecule has 2 saturated heterocycles. The molecule has 0 radical (unpaired) electrons. The van der Waals surface area contributed by atoms with Gasteiger partial charge in [-0.25, -0.2) is 15.0 Å². The van der Waals surface area contributed by atoms with Crippen LogP contribution in [-0.2, 0) is 14.3 Å². The van der Waals surface area contributed by atoms with E-state index in [0.29, 0.717) is 38.2 Å². The minimum absolute atomic E-state index is 0.0677. The lowest BCUT2D eigenvalue weighted by Gasteiger charge is -2.33. The second-order valence-electron chi connectivity index (χ2n) is 7.05. The first-order valence-corrected chi connectivity index (χ1v) is 9.44. The molecule has 0 bridgehead atoms. The van der Waals surface area contributed by atoms with Crippen LogP contribution in [0.4, 0.5) is 5.95 Å². The normalized spacial score (nSPS) is 23.6. The van der Waals surface area contributed by atoms with Crippen molar-refractivity contribution in [3.8, 4) is 0 Å². The number of ether oxygens (including phenoxy) is 1. The van der Waals surface area contributed by atoms with E-state index in [1.807, 2.05) is 6.07 Å². The summed E-state index contributed by atoms with van der Waals surface area (Å²) in [6.45, 7) is 3.33. The van der Waals surface area contributed by atoms with Crippen molar-refractivity contribution in [2.45, 2.75) is 31.8 Å². The van der Waals surface area contributed by atoms with Crippen LogP contribution in [0.15, 0.2) is 17.4 Å². The smallest absolute Gasteiger partial charge is 0.270 e. The van der Waals surface area contributed by atoms with Crippen molar-refractivity contribution >= 4 is 23.5 Å². The largest absolute Gasteiger partial charge is 0.368 e. The van der Waals surface area contributed by atoms with Crippen molar-refractivity contribution in [1.82, 2.24) is 19.9 Å². The average Bonchev–Trinajstić information content (AvgIpc) is 3.25. The predicted octanol–water partition coefficient (Wildman–Crippen LogP) is 0.585. The Kier molecular flexibility index (Phi) is 5.02. The molecule has 1 atom stereocenters. The van der Waals surface area contributed by atoms with Crippen LogP contribution >= 0.6 is 0 Å². The number of aromatic nitrogens is 2. The van der Waals surface area contributed by atoms with Gasteiger partial charge in [-0.3, -0.25) is 9.59 Å². The van der Waals surface area contributed by atoms with E-state index in [1.54, 1.807) is 18.1 Å². The number of anilines is 1. The maximum atomic E-state index is 12.8. The van der Waals surface area contributed by atoms with Crippen LogP contribution in [0.5, 0.6) is 0 Å². The van der Waals surface area contributed by atoms with Crippen LogP contribution in [-0.4, -0.2) is 77.2 Å². The fourth-order valence-corrected chi connectivity index (χ4v) is 3.63. The van der Waals surface area contributed by atoms with E-state index < -0.39 is 0 Å². The van der Waals surface area contributed by atoms with Gasteiger partial charge in [0, 0.05) is 45.7 Å². The zero-order chi connectivity index (χ0) is 18.8. The standard InChI is InChI=1S/C18H24N6O3/c1-22-16(25)5-4-14(21-22)17(26)24-10-11-27-15(12-24)13-6-7-19-18(20-13)23-8-2-3-9-23/h6-7,15H,2-5,8-12H2,1H3. The van der Waals surface area contributed by atoms with Crippen LogP contribution in [0, 0.1) is 0 Å². The number of hydrogen-bond donors (Lipinski definition) is 0. The van der Waals surface area contributed by atoms with Crippen molar-refractivity contribution in [2.75, 3.05) is 44.7 Å². The van der Waals surface area contributed by atoms with E-state index in [1.165, 1.54) is 5.01 Å². The van der Waals surface area contributed by atoms with Crippen LogP contribution < -0.4 is 4.90 Å². The zero-order valence-electron chi connectivity index (χ0n) is 15.5. The van der Waals surface area contributed by atoms with Gasteiger partial charge in [0.15, 0.2) is 0 Å². The third-order valence-corrected chi connectivity index (χ3v) is 5.19. The van der Waals surface area contributed by atoms with Crippen LogP contribution in [0.25, 0.3) is 0 Å². The van der Waals surface area contributed by atoms with Crippen molar-refractivity contribution in [1.29, 1.82) is 0 Å². The molecular formula is C18H24N6O3. The first kappa shape index (κ1) is 17.8. The highest BCUT2D eigenvalue weighted by Gasteiger charge is 2.31. The first-order chi connectivity index (χ1) is 13.1. The van der Waals surface area contributed by atoms with E-state index in [4.69, 9.17) is 4.74 Å². The van der Waals surface area contributed by atoms with Crippen molar-refractivity contribution in [3.05, 3.63) is 18.0 Å². The topological polar surface area (TPSA) is 91.2 Å². The average molecular weight is 372 g/mol. The summed E-state index contributed by atoms with van der Waals surface area (Å²) in [6, 6.07) is 1.85. The molecule has 4 rings (SSSR count). The van der Waals surface area contributed by atoms with Crippen LogP contribution in [0.2, 0.25) is 0 Å². The summed E-state index contributed by atoms with van der Waals surface area (Å²) in [5.74, 6) is 0.534. The molecule has 0 saturated carbocycles. The van der Waals surface area contributed by atoms with E-state index in [9.17, 15) is 9.59 Å². The summed E-state index contributed by atoms with van der Waals surface area (Å²) in [7, 11) is 1.58. The lowest BCUT2D eigenvalue weighted by atomic mass is 10.1. The quantitative estimate of drug-likeness (QED) is 0.771. The molecule has 1 unspecified atom stereocenters. The van der Waals surface area contributed by atoms with Gasteiger partial charge in [0.05, 0.1) is 18.8 Å². The summed E-state index contributed by atoms with van der Waals surface area (Å²) in [4.78, 5) is 37.4. The number of rotatable bonds is 3. The molecule has 0 aliphatic carbocycles. The fraction of sp³-hybridized carbons (Fsp3) is 0.611. The molecule has 0 N–H and O–H groups in total. The first-order valence-electron chi connectivity index (χ1n) is 9.44. The van der Waals surface area contributed by atoms with E-state index in [2.05, 4.69) is 20.0 Å². The third-order valence-electron chi connectivity index (χ3n) is 5.19.